The lowest BCUT2D eigenvalue weighted by molar-refractivity contribution is 0.0952. The third kappa shape index (κ3) is 8.62. The maximum absolute atomic E-state index is 12.9. The van der Waals surface area contributed by atoms with Crippen LogP contribution in [0.5, 0.6) is 17.2 Å². The lowest BCUT2D eigenvalue weighted by atomic mass is 10.0. The number of piperidine rings is 1. The summed E-state index contributed by atoms with van der Waals surface area (Å²) >= 11 is 0. The fourth-order valence-corrected chi connectivity index (χ4v) is 5.57. The quantitative estimate of drug-likeness (QED) is 0.167. The highest BCUT2D eigenvalue weighted by atomic mass is 16.5. The van der Waals surface area contributed by atoms with Crippen molar-refractivity contribution in [3.05, 3.63) is 114 Å². The fraction of sp³-hybridized carbons (Fsp3) is 0.324. The number of nitrogens with one attached hydrogen (secondary N) is 2. The van der Waals surface area contributed by atoms with E-state index in [0.717, 1.165) is 51.0 Å². The molecule has 7 nitrogen and oxygen atoms in total. The van der Waals surface area contributed by atoms with Crippen LogP contribution in [0.3, 0.4) is 0 Å². The molecule has 1 fully saturated rings. The van der Waals surface area contributed by atoms with Gasteiger partial charge in [0.15, 0.2) is 11.5 Å². The first kappa shape index (κ1) is 31.1. The lowest BCUT2D eigenvalue weighted by Crippen LogP contribution is -2.42. The van der Waals surface area contributed by atoms with Gasteiger partial charge in [-0.2, -0.15) is 0 Å². The van der Waals surface area contributed by atoms with Gasteiger partial charge in [0.05, 0.1) is 14.2 Å². The monoisotopic (exact) mass is 593 g/mol. The minimum atomic E-state index is -0.165. The normalized spacial score (nSPS) is 13.8. The van der Waals surface area contributed by atoms with Crippen LogP contribution in [0.4, 0.5) is 0 Å². The van der Waals surface area contributed by atoms with Gasteiger partial charge in [0.2, 0.25) is 5.75 Å². The van der Waals surface area contributed by atoms with Gasteiger partial charge >= 0.3 is 0 Å². The summed E-state index contributed by atoms with van der Waals surface area (Å²) in [6.45, 7) is 4.98. The van der Waals surface area contributed by atoms with E-state index >= 15 is 0 Å². The predicted octanol–water partition coefficient (Wildman–Crippen LogP) is 6.32. The molecule has 1 amide bonds. The molecule has 1 aliphatic rings. The summed E-state index contributed by atoms with van der Waals surface area (Å²) in [6.07, 6.45) is 3.12. The average Bonchev–Trinajstić information content (AvgIpc) is 3.08. The highest BCUT2D eigenvalue weighted by molar-refractivity contribution is 5.95. The molecule has 0 bridgehead atoms. The van der Waals surface area contributed by atoms with E-state index in [-0.39, 0.29) is 5.91 Å². The summed E-state index contributed by atoms with van der Waals surface area (Å²) in [5.74, 6) is 1.23. The van der Waals surface area contributed by atoms with Crippen molar-refractivity contribution in [1.29, 1.82) is 0 Å². The van der Waals surface area contributed by atoms with Gasteiger partial charge in [0.25, 0.3) is 5.91 Å². The number of nitrogens with zero attached hydrogens (tertiary/aromatic N) is 1. The second-order valence-electron chi connectivity index (χ2n) is 11.2. The van der Waals surface area contributed by atoms with E-state index in [1.165, 1.54) is 16.7 Å². The second-order valence-corrected chi connectivity index (χ2v) is 11.2. The summed E-state index contributed by atoms with van der Waals surface area (Å²) in [5, 5.41) is 6.71. The van der Waals surface area contributed by atoms with Crippen LogP contribution < -0.4 is 24.8 Å². The summed E-state index contributed by atoms with van der Waals surface area (Å²) in [4.78, 5) is 15.5. The van der Waals surface area contributed by atoms with E-state index in [9.17, 15) is 4.79 Å². The minimum absolute atomic E-state index is 0.165. The Morgan fingerprint density at radius 1 is 0.773 bits per heavy atom. The molecule has 0 aromatic heterocycles. The Bertz CT molecular complexity index is 1430. The summed E-state index contributed by atoms with van der Waals surface area (Å²) in [5.41, 5.74) is 5.37. The molecule has 2 N–H and O–H groups in total. The third-order valence-corrected chi connectivity index (χ3v) is 8.08. The molecule has 0 spiro atoms. The Morgan fingerprint density at radius 2 is 1.39 bits per heavy atom. The van der Waals surface area contributed by atoms with Crippen molar-refractivity contribution in [3.8, 4) is 28.4 Å². The number of carbonyl (C=O) groups excluding carboxylic acids is 1. The van der Waals surface area contributed by atoms with Gasteiger partial charge in [-0.25, -0.2) is 0 Å². The van der Waals surface area contributed by atoms with Gasteiger partial charge < -0.3 is 24.8 Å². The molecule has 44 heavy (non-hydrogen) atoms. The van der Waals surface area contributed by atoms with Crippen molar-refractivity contribution in [2.75, 3.05) is 40.4 Å². The standard InChI is InChI=1S/C37H43N3O4/c1-42-34-24-32(25-35(43-2)36(34)44-27-29-10-5-3-6-11-29)37(41)39-21-9-20-38-33-18-22-40(23-19-33)26-28-14-16-31(17-15-28)30-12-7-4-8-13-30/h3-8,10-17,24-25,33,38H,9,18-23,26-27H2,1-2H3,(H,39,41). The maximum Gasteiger partial charge on any atom is 0.251 e. The molecule has 5 rings (SSSR count). The average molecular weight is 594 g/mol. The predicted molar refractivity (Wildman–Crippen MR) is 175 cm³/mol. The van der Waals surface area contributed by atoms with Crippen molar-refractivity contribution in [1.82, 2.24) is 15.5 Å². The molecule has 0 unspecified atom stereocenters. The van der Waals surface area contributed by atoms with Gasteiger partial charge in [0, 0.05) is 24.7 Å². The summed E-state index contributed by atoms with van der Waals surface area (Å²) in [6, 6.07) is 33.2. The zero-order valence-corrected chi connectivity index (χ0v) is 25.8. The van der Waals surface area contributed by atoms with Gasteiger partial charge in [0.1, 0.15) is 6.61 Å². The Kier molecular flexibility index (Phi) is 11.3. The highest BCUT2D eigenvalue weighted by Crippen LogP contribution is 2.39. The van der Waals surface area contributed by atoms with Crippen LogP contribution in [-0.2, 0) is 13.2 Å². The Labute approximate surface area is 261 Å². The van der Waals surface area contributed by atoms with E-state index in [0.29, 0.717) is 42.0 Å². The SMILES string of the molecule is COc1cc(C(=O)NCCCNC2CCN(Cc3ccc(-c4ccccc4)cc3)CC2)cc(OC)c1OCc1ccccc1. The van der Waals surface area contributed by atoms with Crippen LogP contribution in [0.25, 0.3) is 11.1 Å². The number of ether oxygens (including phenoxy) is 3. The molecule has 1 aliphatic heterocycles. The molecule has 1 heterocycles. The molecule has 0 radical (unpaired) electrons. The Balaban J connectivity index is 1.01. The number of likely N-dealkylation sites (tertiary alicyclic amines) is 1. The van der Waals surface area contributed by atoms with Gasteiger partial charge in [-0.05, 0) is 73.3 Å². The molecular formula is C37H43N3O4. The lowest BCUT2D eigenvalue weighted by Gasteiger charge is -2.32. The summed E-state index contributed by atoms with van der Waals surface area (Å²) in [7, 11) is 3.12. The topological polar surface area (TPSA) is 72.1 Å². The first-order valence-corrected chi connectivity index (χ1v) is 15.4. The van der Waals surface area contributed by atoms with Crippen molar-refractivity contribution in [2.45, 2.75) is 38.5 Å². The first-order valence-electron chi connectivity index (χ1n) is 15.4. The van der Waals surface area contributed by atoms with Crippen LogP contribution in [0.15, 0.2) is 97.1 Å². The Morgan fingerprint density at radius 3 is 2.02 bits per heavy atom. The number of carbonyl (C=O) groups is 1. The van der Waals surface area contributed by atoms with Gasteiger partial charge in [-0.15, -0.1) is 0 Å². The molecule has 4 aromatic carbocycles. The van der Waals surface area contributed by atoms with Crippen LogP contribution >= 0.6 is 0 Å². The maximum atomic E-state index is 12.9. The molecule has 7 heteroatoms. The first-order chi connectivity index (χ1) is 21.6. The van der Waals surface area contributed by atoms with E-state index in [4.69, 9.17) is 14.2 Å². The molecule has 0 saturated carbocycles. The zero-order chi connectivity index (χ0) is 30.6. The van der Waals surface area contributed by atoms with E-state index in [2.05, 4.69) is 70.1 Å². The third-order valence-electron chi connectivity index (χ3n) is 8.08. The smallest absolute Gasteiger partial charge is 0.251 e. The Hall–Kier alpha value is -4.33. The number of hydrogen-bond donors (Lipinski definition) is 2. The molecule has 1 saturated heterocycles. The highest BCUT2D eigenvalue weighted by Gasteiger charge is 2.20. The minimum Gasteiger partial charge on any atom is -0.493 e. The largest absolute Gasteiger partial charge is 0.493 e. The van der Waals surface area contributed by atoms with Crippen molar-refractivity contribution < 1.29 is 19.0 Å². The van der Waals surface area contributed by atoms with E-state index < -0.39 is 0 Å². The zero-order valence-electron chi connectivity index (χ0n) is 25.8. The molecule has 230 valence electrons. The second kappa shape index (κ2) is 15.9. The molecule has 4 aromatic rings. The number of benzene rings is 4. The van der Waals surface area contributed by atoms with E-state index in [1.54, 1.807) is 26.4 Å². The fourth-order valence-electron chi connectivity index (χ4n) is 5.57. The summed E-state index contributed by atoms with van der Waals surface area (Å²) < 4.78 is 17.1. The van der Waals surface area contributed by atoms with Crippen LogP contribution in [0.1, 0.15) is 40.7 Å². The van der Waals surface area contributed by atoms with Crippen LogP contribution in [0.2, 0.25) is 0 Å². The van der Waals surface area contributed by atoms with Gasteiger partial charge in [-0.1, -0.05) is 84.9 Å². The number of rotatable bonds is 14. The van der Waals surface area contributed by atoms with Crippen molar-refractivity contribution in [3.63, 3.8) is 0 Å². The molecule has 0 atom stereocenters. The number of methoxy groups -OCH3 is 2. The molecule has 0 aliphatic carbocycles. The number of hydrogen-bond acceptors (Lipinski definition) is 6. The van der Waals surface area contributed by atoms with Crippen molar-refractivity contribution >= 4 is 5.91 Å². The van der Waals surface area contributed by atoms with Gasteiger partial charge in [-0.3, -0.25) is 9.69 Å². The molecular weight excluding hydrogens is 550 g/mol. The van der Waals surface area contributed by atoms with E-state index in [1.807, 2.05) is 30.3 Å². The number of amides is 1. The van der Waals surface area contributed by atoms with Crippen LogP contribution in [-0.4, -0.2) is 57.2 Å². The van der Waals surface area contributed by atoms with Crippen LogP contribution in [0, 0.1) is 0 Å². The van der Waals surface area contributed by atoms with Crippen molar-refractivity contribution in [2.24, 2.45) is 0 Å².